The summed E-state index contributed by atoms with van der Waals surface area (Å²) < 4.78 is 17.4. The van der Waals surface area contributed by atoms with Crippen LogP contribution in [0.25, 0.3) is 0 Å². The van der Waals surface area contributed by atoms with Crippen LogP contribution in [0.1, 0.15) is 290 Å². The second kappa shape index (κ2) is 51.7. The largest absolute Gasteiger partial charge is 0.462 e. The molecule has 0 saturated carbocycles. The highest BCUT2D eigenvalue weighted by Crippen LogP contribution is 2.16. The molecule has 0 amide bonds. The lowest BCUT2D eigenvalue weighted by Crippen LogP contribution is -2.30. The van der Waals surface area contributed by atoms with E-state index in [2.05, 4.69) is 45.1 Å². The van der Waals surface area contributed by atoms with Gasteiger partial charge in [0.25, 0.3) is 0 Å². The average molecular weight is 845 g/mol. The minimum Gasteiger partial charge on any atom is -0.462 e. The molecule has 0 aliphatic rings. The Labute approximate surface area is 375 Å². The number of esters is 2. The standard InChI is InChI=1S/C55H104O5/c1-4-7-10-13-16-19-22-25-28-30-33-36-39-42-45-48-54(56)59-52-53(51-58-50-47-44-41-38-35-32-27-24-21-18-15-12-9-6-3)60-55(57)49-46-43-40-37-34-31-29-26-23-20-17-14-11-8-5-2/h21,24-25,28,53H,4-20,22-23,26-27,29-52H2,1-3H3/b24-21-,28-25-. The first kappa shape index (κ1) is 58.4. The fourth-order valence-electron chi connectivity index (χ4n) is 7.91. The van der Waals surface area contributed by atoms with E-state index in [9.17, 15) is 9.59 Å². The summed E-state index contributed by atoms with van der Waals surface area (Å²) in [5, 5.41) is 0. The molecule has 0 bridgehead atoms. The van der Waals surface area contributed by atoms with Gasteiger partial charge in [-0.3, -0.25) is 9.59 Å². The van der Waals surface area contributed by atoms with Gasteiger partial charge in [0.05, 0.1) is 6.61 Å². The maximum atomic E-state index is 12.8. The number of carbonyl (C=O) groups excluding carboxylic acids is 2. The first-order chi connectivity index (χ1) is 29.6. The quantitative estimate of drug-likeness (QED) is 0.0347. The van der Waals surface area contributed by atoms with E-state index in [0.29, 0.717) is 19.4 Å². The number of ether oxygens (including phenoxy) is 3. The number of allylic oxidation sites excluding steroid dienone is 4. The number of rotatable bonds is 50. The summed E-state index contributed by atoms with van der Waals surface area (Å²) in [7, 11) is 0. The molecule has 0 aromatic heterocycles. The van der Waals surface area contributed by atoms with Gasteiger partial charge in [-0.2, -0.15) is 0 Å². The van der Waals surface area contributed by atoms with Crippen LogP contribution < -0.4 is 0 Å². The maximum absolute atomic E-state index is 12.8. The van der Waals surface area contributed by atoms with Crippen LogP contribution in [0.4, 0.5) is 0 Å². The Morgan fingerprint density at radius 1 is 0.350 bits per heavy atom. The summed E-state index contributed by atoms with van der Waals surface area (Å²) in [4.78, 5) is 25.4. The van der Waals surface area contributed by atoms with Crippen molar-refractivity contribution in [2.24, 2.45) is 0 Å². The number of carbonyl (C=O) groups is 2. The second-order valence-electron chi connectivity index (χ2n) is 18.1. The van der Waals surface area contributed by atoms with E-state index in [4.69, 9.17) is 14.2 Å². The third-order valence-corrected chi connectivity index (χ3v) is 12.0. The molecule has 1 atom stereocenters. The first-order valence-electron chi connectivity index (χ1n) is 26.9. The molecule has 0 radical (unpaired) electrons. The average Bonchev–Trinajstić information content (AvgIpc) is 3.25. The first-order valence-corrected chi connectivity index (χ1v) is 26.9. The van der Waals surface area contributed by atoms with Crippen LogP contribution in [0.2, 0.25) is 0 Å². The summed E-state index contributed by atoms with van der Waals surface area (Å²) in [6.07, 6.45) is 60.4. The van der Waals surface area contributed by atoms with Crippen molar-refractivity contribution < 1.29 is 23.8 Å². The van der Waals surface area contributed by atoms with E-state index in [1.165, 1.54) is 205 Å². The van der Waals surface area contributed by atoms with Gasteiger partial charge in [0.1, 0.15) is 6.61 Å². The molecule has 5 heteroatoms. The normalized spacial score (nSPS) is 12.2. The van der Waals surface area contributed by atoms with Crippen molar-refractivity contribution in [1.82, 2.24) is 0 Å². The van der Waals surface area contributed by atoms with Gasteiger partial charge in [0, 0.05) is 19.4 Å². The highest BCUT2D eigenvalue weighted by molar-refractivity contribution is 5.70. The van der Waals surface area contributed by atoms with Crippen LogP contribution in [0.3, 0.4) is 0 Å². The highest BCUT2D eigenvalue weighted by Gasteiger charge is 2.17. The van der Waals surface area contributed by atoms with Gasteiger partial charge >= 0.3 is 11.9 Å². The van der Waals surface area contributed by atoms with Crippen molar-refractivity contribution in [3.05, 3.63) is 24.3 Å². The lowest BCUT2D eigenvalue weighted by Gasteiger charge is -2.18. The van der Waals surface area contributed by atoms with E-state index in [0.717, 1.165) is 51.4 Å². The molecule has 354 valence electrons. The van der Waals surface area contributed by atoms with Crippen LogP contribution in [0.15, 0.2) is 24.3 Å². The Hall–Kier alpha value is -1.62. The van der Waals surface area contributed by atoms with Crippen LogP contribution in [0.5, 0.6) is 0 Å². The van der Waals surface area contributed by atoms with Gasteiger partial charge in [-0.05, 0) is 70.6 Å². The molecule has 0 rings (SSSR count). The molecule has 0 aromatic carbocycles. The number of hydrogen-bond donors (Lipinski definition) is 0. The minimum atomic E-state index is -0.536. The maximum Gasteiger partial charge on any atom is 0.306 e. The molecule has 0 N–H and O–H groups in total. The smallest absolute Gasteiger partial charge is 0.306 e. The van der Waals surface area contributed by atoms with Crippen molar-refractivity contribution >= 4 is 11.9 Å². The molecule has 5 nitrogen and oxygen atoms in total. The topological polar surface area (TPSA) is 61.8 Å². The Morgan fingerprint density at radius 2 is 0.650 bits per heavy atom. The Kier molecular flexibility index (Phi) is 50.3. The monoisotopic (exact) mass is 845 g/mol. The molecule has 1 unspecified atom stereocenters. The van der Waals surface area contributed by atoms with Gasteiger partial charge in [0.2, 0.25) is 0 Å². The van der Waals surface area contributed by atoms with E-state index in [-0.39, 0.29) is 25.2 Å². The van der Waals surface area contributed by atoms with Crippen molar-refractivity contribution in [3.63, 3.8) is 0 Å². The Bertz CT molecular complexity index is 913. The molecule has 0 aliphatic heterocycles. The van der Waals surface area contributed by atoms with E-state index in [1.807, 2.05) is 0 Å². The third-order valence-electron chi connectivity index (χ3n) is 12.0. The molecule has 0 fully saturated rings. The number of unbranched alkanes of at least 4 members (excludes halogenated alkanes) is 35. The molecule has 0 heterocycles. The molecule has 60 heavy (non-hydrogen) atoms. The van der Waals surface area contributed by atoms with Crippen molar-refractivity contribution in [3.8, 4) is 0 Å². The zero-order valence-electron chi connectivity index (χ0n) is 40.7. The van der Waals surface area contributed by atoms with E-state index >= 15 is 0 Å². The van der Waals surface area contributed by atoms with Gasteiger partial charge < -0.3 is 14.2 Å². The van der Waals surface area contributed by atoms with Gasteiger partial charge in [-0.25, -0.2) is 0 Å². The van der Waals surface area contributed by atoms with Crippen LogP contribution in [-0.2, 0) is 23.8 Å². The Balaban J connectivity index is 4.24. The molecule has 0 spiro atoms. The Morgan fingerprint density at radius 3 is 1.03 bits per heavy atom. The summed E-state index contributed by atoms with van der Waals surface area (Å²) in [5.41, 5.74) is 0. The van der Waals surface area contributed by atoms with Gasteiger partial charge in [0.15, 0.2) is 6.10 Å². The summed E-state index contributed by atoms with van der Waals surface area (Å²) >= 11 is 0. The van der Waals surface area contributed by atoms with Gasteiger partial charge in [-0.1, -0.05) is 231 Å². The molecular formula is C55H104O5. The SMILES string of the molecule is CCCCCC/C=C\CCCCCCCCOCC(COC(=O)CCCCCCC/C=C\CCCCCCCC)OC(=O)CCCCCCCCCCCCCCCCC. The van der Waals surface area contributed by atoms with Crippen LogP contribution in [0, 0.1) is 0 Å². The lowest BCUT2D eigenvalue weighted by molar-refractivity contribution is -0.163. The van der Waals surface area contributed by atoms with Crippen molar-refractivity contribution in [1.29, 1.82) is 0 Å². The number of hydrogen-bond acceptors (Lipinski definition) is 5. The highest BCUT2D eigenvalue weighted by atomic mass is 16.6. The third kappa shape index (κ3) is 49.0. The molecule has 0 aromatic rings. The minimum absolute atomic E-state index is 0.0850. The van der Waals surface area contributed by atoms with E-state index in [1.54, 1.807) is 0 Å². The van der Waals surface area contributed by atoms with Crippen LogP contribution >= 0.6 is 0 Å². The summed E-state index contributed by atoms with van der Waals surface area (Å²) in [6, 6.07) is 0. The van der Waals surface area contributed by atoms with E-state index < -0.39 is 6.10 Å². The van der Waals surface area contributed by atoms with Gasteiger partial charge in [-0.15, -0.1) is 0 Å². The summed E-state index contributed by atoms with van der Waals surface area (Å²) in [5.74, 6) is -0.392. The fourth-order valence-corrected chi connectivity index (χ4v) is 7.91. The molecule has 0 saturated heterocycles. The molecular weight excluding hydrogens is 741 g/mol. The van der Waals surface area contributed by atoms with Crippen LogP contribution in [-0.4, -0.2) is 37.9 Å². The zero-order chi connectivity index (χ0) is 43.5. The van der Waals surface area contributed by atoms with Crippen molar-refractivity contribution in [2.75, 3.05) is 19.8 Å². The molecule has 0 aliphatic carbocycles. The lowest BCUT2D eigenvalue weighted by atomic mass is 10.0. The predicted molar refractivity (Wildman–Crippen MR) is 261 cm³/mol. The second-order valence-corrected chi connectivity index (χ2v) is 18.1. The predicted octanol–water partition coefficient (Wildman–Crippen LogP) is 18.0. The zero-order valence-corrected chi connectivity index (χ0v) is 40.7. The summed E-state index contributed by atoms with van der Waals surface area (Å²) in [6.45, 7) is 7.84. The van der Waals surface area contributed by atoms with Crippen molar-refractivity contribution in [2.45, 2.75) is 297 Å². The fraction of sp³-hybridized carbons (Fsp3) is 0.891.